The van der Waals surface area contributed by atoms with E-state index < -0.39 is 0 Å². The van der Waals surface area contributed by atoms with Crippen molar-refractivity contribution in [1.82, 2.24) is 5.32 Å². The Kier molecular flexibility index (Phi) is 7.23. The summed E-state index contributed by atoms with van der Waals surface area (Å²) in [5.74, 6) is 0.757. The number of carbonyl (C=O) groups is 2. The third-order valence-corrected chi connectivity index (χ3v) is 4.33. The van der Waals surface area contributed by atoms with Gasteiger partial charge in [-0.3, -0.25) is 9.59 Å². The predicted octanol–water partition coefficient (Wildman–Crippen LogP) is 2.86. The molecule has 2 aromatic rings. The Morgan fingerprint density at radius 2 is 1.74 bits per heavy atom. The number of aryl methyl sites for hydroxylation is 1. The van der Waals surface area contributed by atoms with E-state index in [0.717, 1.165) is 16.8 Å². The lowest BCUT2D eigenvalue weighted by Crippen LogP contribution is -2.39. The van der Waals surface area contributed by atoms with Crippen LogP contribution in [0.25, 0.3) is 0 Å². The third kappa shape index (κ3) is 5.48. The van der Waals surface area contributed by atoms with Crippen molar-refractivity contribution >= 4 is 17.5 Å². The number of rotatable bonds is 8. The first kappa shape index (κ1) is 20.3. The minimum Gasteiger partial charge on any atom is -0.493 e. The number of anilines is 1. The molecule has 2 aromatic carbocycles. The number of hydrogen-bond donors (Lipinski definition) is 1. The normalized spacial score (nSPS) is 10.2. The van der Waals surface area contributed by atoms with Crippen LogP contribution in [-0.4, -0.2) is 38.6 Å². The highest BCUT2D eigenvalue weighted by atomic mass is 16.5. The van der Waals surface area contributed by atoms with Gasteiger partial charge >= 0.3 is 0 Å². The van der Waals surface area contributed by atoms with Crippen molar-refractivity contribution in [1.29, 1.82) is 0 Å². The second-order valence-corrected chi connectivity index (χ2v) is 6.18. The van der Waals surface area contributed by atoms with E-state index in [1.54, 1.807) is 24.1 Å². The van der Waals surface area contributed by atoms with Gasteiger partial charge in [-0.05, 0) is 43.2 Å². The van der Waals surface area contributed by atoms with Gasteiger partial charge in [-0.15, -0.1) is 0 Å². The van der Waals surface area contributed by atoms with Gasteiger partial charge < -0.3 is 19.7 Å². The molecule has 6 nitrogen and oxygen atoms in total. The molecule has 2 rings (SSSR count). The molecule has 0 aliphatic carbocycles. The first-order valence-electron chi connectivity index (χ1n) is 8.81. The minimum absolute atomic E-state index is 0.0665. The maximum atomic E-state index is 12.0. The molecule has 0 fully saturated rings. The van der Waals surface area contributed by atoms with Gasteiger partial charge in [-0.1, -0.05) is 24.3 Å². The highest BCUT2D eigenvalue weighted by Gasteiger charge is 2.15. The van der Waals surface area contributed by atoms with Gasteiger partial charge in [0.15, 0.2) is 18.1 Å². The molecule has 0 saturated carbocycles. The van der Waals surface area contributed by atoms with Crippen molar-refractivity contribution in [3.05, 3.63) is 53.6 Å². The summed E-state index contributed by atoms with van der Waals surface area (Å²) in [6.45, 7) is 6.12. The first-order chi connectivity index (χ1) is 12.9. The standard InChI is InChI=1S/C21H26N2O4/c1-15-8-7-9-18(16(15)2)23(17(3)24)13-12-22-21(25)14-27-20-11-6-5-10-19(20)26-4/h5-11H,12-14H2,1-4H3,(H,22,25). The van der Waals surface area contributed by atoms with Crippen molar-refractivity contribution in [2.24, 2.45) is 0 Å². The number of carbonyl (C=O) groups excluding carboxylic acids is 2. The summed E-state index contributed by atoms with van der Waals surface area (Å²) in [6, 6.07) is 13.0. The van der Waals surface area contributed by atoms with Crippen LogP contribution in [-0.2, 0) is 9.59 Å². The summed E-state index contributed by atoms with van der Waals surface area (Å²) in [5.41, 5.74) is 3.04. The molecule has 27 heavy (non-hydrogen) atoms. The highest BCUT2D eigenvalue weighted by Crippen LogP contribution is 2.25. The zero-order valence-electron chi connectivity index (χ0n) is 16.2. The highest BCUT2D eigenvalue weighted by molar-refractivity contribution is 5.92. The van der Waals surface area contributed by atoms with Crippen molar-refractivity contribution in [2.45, 2.75) is 20.8 Å². The van der Waals surface area contributed by atoms with Crippen LogP contribution >= 0.6 is 0 Å². The molecule has 6 heteroatoms. The number of methoxy groups -OCH3 is 1. The summed E-state index contributed by atoms with van der Waals surface area (Å²) in [4.78, 5) is 25.8. The Bertz CT molecular complexity index is 805. The number of ether oxygens (including phenoxy) is 2. The SMILES string of the molecule is COc1ccccc1OCC(=O)NCCN(C(C)=O)c1cccc(C)c1C. The molecule has 0 heterocycles. The fraction of sp³-hybridized carbons (Fsp3) is 0.333. The van der Waals surface area contributed by atoms with Crippen LogP contribution in [0, 0.1) is 13.8 Å². The molecule has 0 radical (unpaired) electrons. The van der Waals surface area contributed by atoms with Gasteiger partial charge in [0.25, 0.3) is 5.91 Å². The van der Waals surface area contributed by atoms with Crippen LogP contribution in [0.1, 0.15) is 18.1 Å². The van der Waals surface area contributed by atoms with Crippen molar-refractivity contribution < 1.29 is 19.1 Å². The molecule has 0 saturated heterocycles. The van der Waals surface area contributed by atoms with Gasteiger partial charge in [-0.25, -0.2) is 0 Å². The quantitative estimate of drug-likeness (QED) is 0.776. The lowest BCUT2D eigenvalue weighted by molar-refractivity contribution is -0.123. The Morgan fingerprint density at radius 1 is 1.04 bits per heavy atom. The average molecular weight is 370 g/mol. The molecule has 0 aliphatic rings. The van der Waals surface area contributed by atoms with Crippen molar-refractivity contribution in [3.63, 3.8) is 0 Å². The zero-order valence-corrected chi connectivity index (χ0v) is 16.2. The minimum atomic E-state index is -0.259. The predicted molar refractivity (Wildman–Crippen MR) is 105 cm³/mol. The zero-order chi connectivity index (χ0) is 19.8. The molecular weight excluding hydrogens is 344 g/mol. The molecule has 0 aromatic heterocycles. The van der Waals surface area contributed by atoms with E-state index in [9.17, 15) is 9.59 Å². The van der Waals surface area contributed by atoms with Crippen LogP contribution in [0.3, 0.4) is 0 Å². The van der Waals surface area contributed by atoms with Gasteiger partial charge in [0.05, 0.1) is 7.11 Å². The summed E-state index contributed by atoms with van der Waals surface area (Å²) < 4.78 is 10.7. The van der Waals surface area contributed by atoms with Gasteiger partial charge in [0.2, 0.25) is 5.91 Å². The van der Waals surface area contributed by atoms with Crippen LogP contribution in [0.15, 0.2) is 42.5 Å². The fourth-order valence-electron chi connectivity index (χ4n) is 2.72. The van der Waals surface area contributed by atoms with Gasteiger partial charge in [0.1, 0.15) is 0 Å². The first-order valence-corrected chi connectivity index (χ1v) is 8.81. The van der Waals surface area contributed by atoms with E-state index in [-0.39, 0.29) is 18.4 Å². The lowest BCUT2D eigenvalue weighted by Gasteiger charge is -2.24. The molecular formula is C21H26N2O4. The van der Waals surface area contributed by atoms with E-state index in [2.05, 4.69) is 5.32 Å². The molecule has 144 valence electrons. The van der Waals surface area contributed by atoms with Gasteiger partial charge in [0, 0.05) is 25.7 Å². The van der Waals surface area contributed by atoms with E-state index in [1.807, 2.05) is 44.2 Å². The number of hydrogen-bond acceptors (Lipinski definition) is 4. The Labute approximate surface area is 160 Å². The van der Waals surface area contributed by atoms with Crippen LogP contribution in [0.5, 0.6) is 11.5 Å². The maximum Gasteiger partial charge on any atom is 0.258 e. The second kappa shape index (κ2) is 9.62. The average Bonchev–Trinajstić information content (AvgIpc) is 2.66. The molecule has 0 bridgehead atoms. The van der Waals surface area contributed by atoms with E-state index in [0.29, 0.717) is 24.6 Å². The molecule has 0 aliphatic heterocycles. The lowest BCUT2D eigenvalue weighted by atomic mass is 10.1. The summed E-state index contributed by atoms with van der Waals surface area (Å²) >= 11 is 0. The number of nitrogens with one attached hydrogen (secondary N) is 1. The number of nitrogens with zero attached hydrogens (tertiary/aromatic N) is 1. The third-order valence-electron chi connectivity index (χ3n) is 4.33. The molecule has 0 spiro atoms. The van der Waals surface area contributed by atoms with E-state index >= 15 is 0 Å². The summed E-state index contributed by atoms with van der Waals surface area (Å²) in [6.07, 6.45) is 0. The summed E-state index contributed by atoms with van der Waals surface area (Å²) in [7, 11) is 1.55. The van der Waals surface area contributed by atoms with Crippen molar-refractivity contribution in [3.8, 4) is 11.5 Å². The number of benzene rings is 2. The molecule has 0 unspecified atom stereocenters. The topological polar surface area (TPSA) is 67.9 Å². The second-order valence-electron chi connectivity index (χ2n) is 6.18. The maximum absolute atomic E-state index is 12.0. The smallest absolute Gasteiger partial charge is 0.258 e. The van der Waals surface area contributed by atoms with E-state index in [4.69, 9.17) is 9.47 Å². The van der Waals surface area contributed by atoms with Crippen LogP contribution in [0.2, 0.25) is 0 Å². The Hall–Kier alpha value is -3.02. The van der Waals surface area contributed by atoms with Crippen LogP contribution in [0.4, 0.5) is 5.69 Å². The number of amides is 2. The molecule has 1 N–H and O–H groups in total. The Morgan fingerprint density at radius 3 is 2.41 bits per heavy atom. The molecule has 2 amide bonds. The largest absolute Gasteiger partial charge is 0.493 e. The fourth-order valence-corrected chi connectivity index (χ4v) is 2.72. The van der Waals surface area contributed by atoms with Crippen molar-refractivity contribution in [2.75, 3.05) is 31.7 Å². The summed E-state index contributed by atoms with van der Waals surface area (Å²) in [5, 5.41) is 2.78. The van der Waals surface area contributed by atoms with Gasteiger partial charge in [-0.2, -0.15) is 0 Å². The molecule has 0 atom stereocenters. The monoisotopic (exact) mass is 370 g/mol. The number of para-hydroxylation sites is 2. The van der Waals surface area contributed by atoms with E-state index in [1.165, 1.54) is 6.92 Å². The van der Waals surface area contributed by atoms with Crippen LogP contribution < -0.4 is 19.7 Å². The Balaban J connectivity index is 1.88.